The molecule has 0 bridgehead atoms. The average Bonchev–Trinajstić information content (AvgIpc) is 3.27. The summed E-state index contributed by atoms with van der Waals surface area (Å²) in [5, 5.41) is 8.32. The van der Waals surface area contributed by atoms with Crippen LogP contribution in [0.3, 0.4) is 0 Å². The second-order valence-electron chi connectivity index (χ2n) is 5.25. The van der Waals surface area contributed by atoms with Gasteiger partial charge in [0.05, 0.1) is 10.6 Å². The van der Waals surface area contributed by atoms with Gasteiger partial charge >= 0.3 is 0 Å². The van der Waals surface area contributed by atoms with E-state index in [1.165, 1.54) is 4.88 Å². The lowest BCUT2D eigenvalue weighted by atomic mass is 10.1. The summed E-state index contributed by atoms with van der Waals surface area (Å²) in [7, 11) is 1.92. The monoisotopic (exact) mass is 322 g/mol. The van der Waals surface area contributed by atoms with E-state index < -0.39 is 0 Å². The number of thiophene rings is 1. The van der Waals surface area contributed by atoms with Gasteiger partial charge in [-0.3, -0.25) is 4.68 Å². The van der Waals surface area contributed by atoms with Crippen LogP contribution in [-0.2, 0) is 7.05 Å². The van der Waals surface area contributed by atoms with Crippen LogP contribution in [0.2, 0.25) is 0 Å². The molecule has 0 spiro atoms. The van der Waals surface area contributed by atoms with Gasteiger partial charge in [0.1, 0.15) is 0 Å². The van der Waals surface area contributed by atoms with Crippen molar-refractivity contribution in [3.8, 4) is 33.4 Å². The van der Waals surface area contributed by atoms with Gasteiger partial charge in [0.15, 0.2) is 0 Å². The summed E-state index contributed by atoms with van der Waals surface area (Å²) in [4.78, 5) is 6.73. The van der Waals surface area contributed by atoms with Crippen molar-refractivity contribution in [1.82, 2.24) is 19.9 Å². The van der Waals surface area contributed by atoms with E-state index in [1.807, 2.05) is 54.2 Å². The first kappa shape index (κ1) is 13.9. The summed E-state index contributed by atoms with van der Waals surface area (Å²) in [6.07, 6.45) is 1.79. The number of rotatable bonds is 3. The quantitative estimate of drug-likeness (QED) is 0.568. The highest BCUT2D eigenvalue weighted by atomic mass is 32.1. The van der Waals surface area contributed by atoms with E-state index in [0.29, 0.717) is 11.7 Å². The molecule has 0 atom stereocenters. The fraction of sp³-hybridized carbons (Fsp3) is 0.118. The zero-order valence-electron chi connectivity index (χ0n) is 12.7. The van der Waals surface area contributed by atoms with Crippen LogP contribution in [-0.4, -0.2) is 19.9 Å². The molecule has 0 fully saturated rings. The molecule has 0 saturated heterocycles. The molecule has 0 radical (unpaired) electrons. The summed E-state index contributed by atoms with van der Waals surface area (Å²) >= 11 is 1.64. The Kier molecular flexibility index (Phi) is 3.31. The molecular formula is C17H14N4OS. The maximum Gasteiger partial charge on any atom is 0.268 e. The van der Waals surface area contributed by atoms with Gasteiger partial charge in [-0.1, -0.05) is 23.4 Å². The highest BCUT2D eigenvalue weighted by Crippen LogP contribution is 2.29. The second-order valence-corrected chi connectivity index (χ2v) is 6.54. The molecule has 114 valence electrons. The standard InChI is InChI=1S/C17H14N4OS/c1-11-6-7-15(23-11)17-19-16(20-22-17)13-5-3-4-12(10-13)14-8-9-18-21(14)2/h3-10H,1-2H3. The molecule has 0 N–H and O–H groups in total. The zero-order valence-corrected chi connectivity index (χ0v) is 13.5. The number of aryl methyl sites for hydroxylation is 2. The van der Waals surface area contributed by atoms with Crippen molar-refractivity contribution < 1.29 is 4.52 Å². The molecule has 1 aromatic carbocycles. The van der Waals surface area contributed by atoms with Crippen LogP contribution in [0.1, 0.15) is 4.88 Å². The van der Waals surface area contributed by atoms with Crippen LogP contribution in [0.25, 0.3) is 33.4 Å². The van der Waals surface area contributed by atoms with E-state index in [0.717, 1.165) is 21.7 Å². The van der Waals surface area contributed by atoms with Crippen LogP contribution < -0.4 is 0 Å². The topological polar surface area (TPSA) is 56.7 Å². The van der Waals surface area contributed by atoms with Crippen LogP contribution in [0.15, 0.2) is 53.2 Å². The third-order valence-corrected chi connectivity index (χ3v) is 4.60. The Hall–Kier alpha value is -2.73. The number of hydrogen-bond donors (Lipinski definition) is 0. The molecule has 0 aliphatic rings. The largest absolute Gasteiger partial charge is 0.333 e. The van der Waals surface area contributed by atoms with E-state index >= 15 is 0 Å². The van der Waals surface area contributed by atoms with Crippen molar-refractivity contribution in [3.63, 3.8) is 0 Å². The number of nitrogens with zero attached hydrogens (tertiary/aromatic N) is 4. The van der Waals surface area contributed by atoms with Gasteiger partial charge < -0.3 is 4.52 Å². The van der Waals surface area contributed by atoms with E-state index in [1.54, 1.807) is 17.5 Å². The normalized spacial score (nSPS) is 11.0. The van der Waals surface area contributed by atoms with Crippen molar-refractivity contribution >= 4 is 11.3 Å². The van der Waals surface area contributed by atoms with Crippen LogP contribution in [0.5, 0.6) is 0 Å². The van der Waals surface area contributed by atoms with Gasteiger partial charge in [-0.2, -0.15) is 10.1 Å². The maximum atomic E-state index is 5.40. The van der Waals surface area contributed by atoms with Crippen LogP contribution >= 0.6 is 11.3 Å². The third kappa shape index (κ3) is 2.57. The first-order chi connectivity index (χ1) is 11.2. The highest BCUT2D eigenvalue weighted by Gasteiger charge is 2.13. The summed E-state index contributed by atoms with van der Waals surface area (Å²) in [5.41, 5.74) is 3.04. The molecule has 0 aliphatic heterocycles. The lowest BCUT2D eigenvalue weighted by Crippen LogP contribution is -1.93. The molecule has 3 heterocycles. The summed E-state index contributed by atoms with van der Waals surface area (Å²) in [6.45, 7) is 2.06. The molecule has 0 unspecified atom stereocenters. The van der Waals surface area contributed by atoms with Crippen molar-refractivity contribution in [2.75, 3.05) is 0 Å². The Balaban J connectivity index is 1.72. The van der Waals surface area contributed by atoms with E-state index in [9.17, 15) is 0 Å². The summed E-state index contributed by atoms with van der Waals surface area (Å²) in [6, 6.07) is 14.1. The lowest BCUT2D eigenvalue weighted by Gasteiger charge is -2.03. The molecule has 23 heavy (non-hydrogen) atoms. The Morgan fingerprint density at radius 3 is 2.70 bits per heavy atom. The summed E-state index contributed by atoms with van der Waals surface area (Å²) in [5.74, 6) is 1.15. The molecular weight excluding hydrogens is 308 g/mol. The first-order valence-corrected chi connectivity index (χ1v) is 8.02. The molecule has 6 heteroatoms. The van der Waals surface area contributed by atoms with Gasteiger partial charge in [0.25, 0.3) is 5.89 Å². The van der Waals surface area contributed by atoms with E-state index in [-0.39, 0.29) is 0 Å². The Bertz CT molecular complexity index is 966. The predicted molar refractivity (Wildman–Crippen MR) is 90.0 cm³/mol. The predicted octanol–water partition coefficient (Wildman–Crippen LogP) is 4.17. The maximum absolute atomic E-state index is 5.40. The second kappa shape index (κ2) is 5.48. The molecule has 4 rings (SSSR count). The van der Waals surface area contributed by atoms with E-state index in [4.69, 9.17) is 4.52 Å². The Morgan fingerprint density at radius 1 is 1.09 bits per heavy atom. The molecule has 3 aromatic heterocycles. The average molecular weight is 322 g/mol. The van der Waals surface area contributed by atoms with Crippen LogP contribution in [0.4, 0.5) is 0 Å². The van der Waals surface area contributed by atoms with E-state index in [2.05, 4.69) is 22.2 Å². The number of benzene rings is 1. The SMILES string of the molecule is Cc1ccc(-c2nc(-c3cccc(-c4ccnn4C)c3)no2)s1. The smallest absolute Gasteiger partial charge is 0.268 e. The van der Waals surface area contributed by atoms with Gasteiger partial charge in [0.2, 0.25) is 5.82 Å². The Morgan fingerprint density at radius 2 is 1.96 bits per heavy atom. The van der Waals surface area contributed by atoms with Gasteiger partial charge in [-0.15, -0.1) is 11.3 Å². The lowest BCUT2D eigenvalue weighted by molar-refractivity contribution is 0.433. The van der Waals surface area contributed by atoms with Gasteiger partial charge in [0, 0.05) is 29.2 Å². The Labute approximate surface area is 137 Å². The number of aromatic nitrogens is 4. The molecule has 5 nitrogen and oxygen atoms in total. The summed E-state index contributed by atoms with van der Waals surface area (Å²) < 4.78 is 7.25. The fourth-order valence-electron chi connectivity index (χ4n) is 2.46. The van der Waals surface area contributed by atoms with Gasteiger partial charge in [-0.05, 0) is 31.2 Å². The van der Waals surface area contributed by atoms with Gasteiger partial charge in [-0.25, -0.2) is 0 Å². The molecule has 0 saturated carbocycles. The third-order valence-electron chi connectivity index (χ3n) is 3.61. The number of hydrogen-bond acceptors (Lipinski definition) is 5. The van der Waals surface area contributed by atoms with Crippen molar-refractivity contribution in [3.05, 3.63) is 53.5 Å². The van der Waals surface area contributed by atoms with Crippen LogP contribution in [0, 0.1) is 6.92 Å². The minimum absolute atomic E-state index is 0.559. The zero-order chi connectivity index (χ0) is 15.8. The molecule has 4 aromatic rings. The van der Waals surface area contributed by atoms with Crippen molar-refractivity contribution in [2.45, 2.75) is 6.92 Å². The minimum Gasteiger partial charge on any atom is -0.333 e. The molecule has 0 aliphatic carbocycles. The van der Waals surface area contributed by atoms with Crippen molar-refractivity contribution in [2.24, 2.45) is 7.05 Å². The first-order valence-electron chi connectivity index (χ1n) is 7.20. The minimum atomic E-state index is 0.559. The molecule has 0 amide bonds. The fourth-order valence-corrected chi connectivity index (χ4v) is 3.25. The van der Waals surface area contributed by atoms with Crippen molar-refractivity contribution in [1.29, 1.82) is 0 Å². The highest BCUT2D eigenvalue weighted by molar-refractivity contribution is 7.15.